The number of carbonyl (C=O) groups is 10. The van der Waals surface area contributed by atoms with Gasteiger partial charge in [-0.2, -0.15) is 4.98 Å². The van der Waals surface area contributed by atoms with Crippen molar-refractivity contribution in [3.63, 3.8) is 0 Å². The number of aromatic nitrogens is 2. The fraction of sp³-hybridized carbons (Fsp3) is 0.388. The molecule has 2 fully saturated rings. The molecule has 130 heavy (non-hydrogen) atoms. The summed E-state index contributed by atoms with van der Waals surface area (Å²) < 4.78 is 45.2. The van der Waals surface area contributed by atoms with Gasteiger partial charge in [0.05, 0.1) is 55.0 Å². The Bertz CT molecular complexity index is 5540. The van der Waals surface area contributed by atoms with Crippen LogP contribution in [0.25, 0.3) is 17.2 Å². The van der Waals surface area contributed by atoms with Crippen molar-refractivity contribution in [2.24, 2.45) is 11.7 Å². The number of benzene rings is 6. The van der Waals surface area contributed by atoms with Crippen LogP contribution in [0.4, 0.5) is 10.6 Å². The van der Waals surface area contributed by atoms with Crippen LogP contribution < -0.4 is 84.3 Å². The molecule has 22 N–H and O–H groups in total. The highest BCUT2D eigenvalue weighted by Gasteiger charge is 2.52. The number of halogens is 3. The minimum Gasteiger partial charge on any atom is -0.508 e. The van der Waals surface area contributed by atoms with Gasteiger partial charge in [0.15, 0.2) is 23.9 Å². The number of amides is 10. The Balaban J connectivity index is 0.993. The summed E-state index contributed by atoms with van der Waals surface area (Å²) in [5.74, 6) is -16.6. The summed E-state index contributed by atoms with van der Waals surface area (Å²) in [6, 6.07) is 7.08. The number of alkyl carbamates (subject to hydrolysis) is 1. The number of ether oxygens (including phenoxy) is 7. The van der Waals surface area contributed by atoms with Crippen molar-refractivity contribution in [1.29, 1.82) is 0 Å². The van der Waals surface area contributed by atoms with Crippen molar-refractivity contribution in [1.82, 2.24) is 62.9 Å². The Kier molecular flexibility index (Phi) is 31.3. The monoisotopic (exact) mass is 1860 g/mol. The summed E-state index contributed by atoms with van der Waals surface area (Å²) in [4.78, 5) is 168. The molecule has 694 valence electrons. The molecule has 8 heterocycles. The number of aliphatic hydroxyl groups is 6. The maximum Gasteiger partial charge on any atom is 0.406 e. The van der Waals surface area contributed by atoms with Gasteiger partial charge in [-0.15, -0.1) is 0 Å². The summed E-state index contributed by atoms with van der Waals surface area (Å²) in [6.45, 7) is 4.82. The summed E-state index contributed by atoms with van der Waals surface area (Å²) in [5.41, 5.74) is 3.45. The number of anilines is 1. The zero-order chi connectivity index (χ0) is 94.0. The number of rotatable bonds is 24. The topological polar surface area (TPSA) is 620 Å². The van der Waals surface area contributed by atoms with Gasteiger partial charge in [-0.25, -0.2) is 15.1 Å². The molecule has 2 saturated heterocycles. The lowest BCUT2D eigenvalue weighted by Crippen LogP contribution is -2.65. The molecule has 0 spiro atoms. The molecule has 18 unspecified atom stereocenters. The van der Waals surface area contributed by atoms with E-state index in [0.717, 1.165) is 73.8 Å². The van der Waals surface area contributed by atoms with Gasteiger partial charge in [-0.3, -0.25) is 52.6 Å². The fourth-order valence-corrected chi connectivity index (χ4v) is 15.7. The standard InChI is InChI=1S/C85H95Cl3N14O28/c1-36(2)25-49(90-5)75(114)99-66-68(109)40-11-16-53(47(87)27-40)126-55-29-42-30-56(72(55)130-82-73(71(112)70(111)57(35-103)128-82)129-61-34-85(4,74(113)37(3)125-61)92-20-23-102-22-19-59(95-83(102)121)94-60(108)18-9-38-7-13-43(86)14-8-38)127-54-17-12-41(28-48(54)88)69(110)67-80(119)98-65(81(120)101-124-24-21-91-84(122)123-6)46-31-44(104)32-52(106)62(46)45-26-39(10-15-51(45)105)63(77(116)100-67)97-78(117)64(42)96-76(115)50(33-58(89)107)93-79(66)118/h7-19,22,26-32,36-37,49-50,57,61,63-71,73-74,82,90,92,103-106,109-113H,20-21,23-25,33-35H2,1-6H3,(H2,89,107)(H,91,122)(H,93,118)(H,96,115)(H,97,117)(H,98,119)(H,99,114)(H,100,116)(H,101,120)(H,94,95,108,121). The number of aromatic hydroxyl groups is 3. The summed E-state index contributed by atoms with van der Waals surface area (Å²) in [5, 5.41) is 132. The van der Waals surface area contributed by atoms with Gasteiger partial charge < -0.3 is 138 Å². The van der Waals surface area contributed by atoms with Crippen molar-refractivity contribution in [3.8, 4) is 57.1 Å². The third-order valence-electron chi connectivity index (χ3n) is 21.9. The van der Waals surface area contributed by atoms with Crippen molar-refractivity contribution in [2.75, 3.05) is 45.8 Å². The summed E-state index contributed by atoms with van der Waals surface area (Å²) >= 11 is 20.4. The second-order valence-corrected chi connectivity index (χ2v) is 32.9. The molecule has 7 aliphatic rings. The number of hydrogen-bond acceptors (Lipinski definition) is 31. The van der Waals surface area contributed by atoms with Crippen LogP contribution in [0, 0.1) is 5.92 Å². The molecule has 11 bridgehead atoms. The van der Waals surface area contributed by atoms with Gasteiger partial charge in [-0.1, -0.05) is 79.0 Å². The number of nitrogens with one attached hydrogen (secondary N) is 11. The molecular weight excluding hydrogens is 1770 g/mol. The molecule has 14 rings (SSSR count). The Labute approximate surface area is 754 Å². The predicted octanol–water partition coefficient (Wildman–Crippen LogP) is 1.62. The molecule has 0 saturated carbocycles. The SMILES string of the molecule is CNC(CC(C)C)C(=O)NC1C(=O)NC(CC(N)=O)C(=O)NC2C(=O)NC3C(=O)NC(C(=O)NC(C(=O)NOCCNC(=O)OC)c4cc(O)cc(O)c4-c4cc3ccc4O)C(O)c3ccc(c(Cl)c3)Oc3cc2cc(c3OC2OC(CO)C(O)C(O)C2OC2CC(C)(NCCn3ccc(NC(=O)C=Cc4ccc(Cl)cc4)nc3=O)C(O)C(C)O2)Oc2ccc(cc2Cl)C1O. The Hall–Kier alpha value is -12.4. The molecule has 7 aromatic rings. The van der Waals surface area contributed by atoms with Gasteiger partial charge in [-0.05, 0) is 145 Å². The molecular formula is C85H95Cl3N14O28. The number of likely N-dealkylation sites (N-methyl/N-ethyl adjacent to an activating group) is 1. The maximum atomic E-state index is 16.4. The fourth-order valence-electron chi connectivity index (χ4n) is 15.2. The number of aliphatic hydroxyl groups excluding tert-OH is 6. The van der Waals surface area contributed by atoms with E-state index in [1.807, 2.05) is 0 Å². The van der Waals surface area contributed by atoms with Gasteiger partial charge >= 0.3 is 11.8 Å². The molecule has 10 amide bonds. The van der Waals surface area contributed by atoms with Crippen LogP contribution in [0.1, 0.15) is 111 Å². The number of methoxy groups -OCH3 is 1. The van der Waals surface area contributed by atoms with Crippen LogP contribution in [-0.4, -0.2) is 234 Å². The summed E-state index contributed by atoms with van der Waals surface area (Å²) in [6.07, 6.45) is -16.4. The Morgan fingerprint density at radius 2 is 1.38 bits per heavy atom. The zero-order valence-electron chi connectivity index (χ0n) is 70.1. The van der Waals surface area contributed by atoms with E-state index in [1.165, 1.54) is 55.1 Å². The number of nitrogens with two attached hydrogens (primary N) is 1. The summed E-state index contributed by atoms with van der Waals surface area (Å²) in [7, 11) is 2.54. The van der Waals surface area contributed by atoms with Crippen LogP contribution in [0.5, 0.6) is 46.0 Å². The quantitative estimate of drug-likeness (QED) is 0.0232. The number of phenolic OH excluding ortho intramolecular Hbond substituents is 3. The van der Waals surface area contributed by atoms with E-state index in [-0.39, 0.29) is 55.3 Å². The van der Waals surface area contributed by atoms with E-state index in [0.29, 0.717) is 10.6 Å². The first-order valence-corrected chi connectivity index (χ1v) is 41.7. The van der Waals surface area contributed by atoms with Crippen LogP contribution >= 0.6 is 34.8 Å². The molecule has 18 atom stereocenters. The van der Waals surface area contributed by atoms with Crippen LogP contribution in [0.15, 0.2) is 126 Å². The van der Waals surface area contributed by atoms with E-state index in [9.17, 15) is 74.7 Å². The Morgan fingerprint density at radius 1 is 0.723 bits per heavy atom. The first-order valence-electron chi connectivity index (χ1n) is 40.6. The number of primary amides is 1. The van der Waals surface area contributed by atoms with Gasteiger partial charge in [0.25, 0.3) is 5.91 Å². The first kappa shape index (κ1) is 96.7. The number of phenols is 3. The van der Waals surface area contributed by atoms with Crippen molar-refractivity contribution in [2.45, 2.75) is 163 Å². The highest BCUT2D eigenvalue weighted by molar-refractivity contribution is 6.32. The minimum atomic E-state index is -2.42. The third-order valence-corrected chi connectivity index (χ3v) is 22.7. The normalized spacial score (nSPS) is 25.4. The average molecular weight is 1870 g/mol. The molecule has 6 aromatic carbocycles. The van der Waals surface area contributed by atoms with E-state index in [1.54, 1.807) is 45.0 Å². The molecule has 0 radical (unpaired) electrons. The van der Waals surface area contributed by atoms with Crippen molar-refractivity contribution >= 4 is 106 Å². The van der Waals surface area contributed by atoms with Gasteiger partial charge in [0, 0.05) is 66.1 Å². The molecule has 1 aromatic heterocycles. The molecule has 45 heteroatoms. The van der Waals surface area contributed by atoms with Crippen molar-refractivity contribution < 1.29 is 132 Å². The number of hydrogen-bond donors (Lipinski definition) is 21. The van der Waals surface area contributed by atoms with Crippen LogP contribution in [-0.2, 0) is 73.5 Å². The molecule has 7 aliphatic heterocycles. The smallest absolute Gasteiger partial charge is 0.406 e. The van der Waals surface area contributed by atoms with E-state index >= 15 is 24.0 Å². The first-order chi connectivity index (χ1) is 61.8. The lowest BCUT2D eigenvalue weighted by atomic mass is 9.85. The lowest BCUT2D eigenvalue weighted by molar-refractivity contribution is -0.334. The predicted molar refractivity (Wildman–Crippen MR) is 458 cm³/mol. The van der Waals surface area contributed by atoms with Crippen LogP contribution in [0.2, 0.25) is 15.1 Å². The number of carbonyl (C=O) groups excluding carboxylic acids is 10. The van der Waals surface area contributed by atoms with Gasteiger partial charge in [0.2, 0.25) is 59.3 Å². The van der Waals surface area contributed by atoms with E-state index in [4.69, 9.17) is 73.8 Å². The average Bonchev–Trinajstić information content (AvgIpc) is 0.766. The van der Waals surface area contributed by atoms with Gasteiger partial charge in [0.1, 0.15) is 101 Å². The lowest BCUT2D eigenvalue weighted by Gasteiger charge is -2.48. The van der Waals surface area contributed by atoms with Crippen molar-refractivity contribution in [3.05, 3.63) is 180 Å². The van der Waals surface area contributed by atoms with E-state index in [2.05, 4.69) is 68.4 Å². The number of fused-ring (bicyclic) bond motifs is 15. The number of hydroxylamine groups is 1. The maximum absolute atomic E-state index is 16.4. The highest BCUT2D eigenvalue weighted by atomic mass is 35.5. The highest BCUT2D eigenvalue weighted by Crippen LogP contribution is 2.50. The zero-order valence-corrected chi connectivity index (χ0v) is 72.3. The number of nitrogens with zero attached hydrogens (tertiary/aromatic N) is 2. The molecule has 0 aliphatic carbocycles. The minimum absolute atomic E-state index is 0.0434. The Morgan fingerprint density at radius 3 is 2.02 bits per heavy atom. The largest absolute Gasteiger partial charge is 0.508 e. The molecule has 42 nitrogen and oxygen atoms in total. The second kappa shape index (κ2) is 42.0. The second-order valence-electron chi connectivity index (χ2n) is 31.6. The third kappa shape index (κ3) is 22.7. The van der Waals surface area contributed by atoms with E-state index < -0.39 is 278 Å². The van der Waals surface area contributed by atoms with Crippen LogP contribution in [0.3, 0.4) is 0 Å².